The maximum Gasteiger partial charge on any atom is 0.226 e. The quantitative estimate of drug-likeness (QED) is 0.907. The van der Waals surface area contributed by atoms with Gasteiger partial charge < -0.3 is 10.1 Å². The molecule has 2 rings (SSSR count). The molecular formula is C14H14N4O. The molecule has 5 heteroatoms. The number of nitriles is 1. The van der Waals surface area contributed by atoms with Crippen molar-refractivity contribution in [2.45, 2.75) is 13.0 Å². The first-order chi connectivity index (χ1) is 9.22. The molecule has 0 saturated heterocycles. The van der Waals surface area contributed by atoms with Crippen LogP contribution in [0.2, 0.25) is 0 Å². The number of benzene rings is 1. The number of hydrogen-bond donors (Lipinski definition) is 1. The Morgan fingerprint density at radius 1 is 1.37 bits per heavy atom. The van der Waals surface area contributed by atoms with Crippen molar-refractivity contribution in [3.8, 4) is 11.9 Å². The van der Waals surface area contributed by atoms with E-state index in [4.69, 9.17) is 10.00 Å². The zero-order valence-corrected chi connectivity index (χ0v) is 10.8. The van der Waals surface area contributed by atoms with Crippen LogP contribution in [-0.2, 0) is 0 Å². The number of nitrogens with one attached hydrogen (secondary N) is 1. The summed E-state index contributed by atoms with van der Waals surface area (Å²) in [5.74, 6) is 1.00. The first-order valence-electron chi connectivity index (χ1n) is 5.86. The van der Waals surface area contributed by atoms with Gasteiger partial charge in [-0.15, -0.1) is 0 Å². The SMILES string of the molecule is COc1ccnc(NC(C)c2cccc(C#N)c2)n1. The molecule has 96 valence electrons. The van der Waals surface area contributed by atoms with Gasteiger partial charge in [0.2, 0.25) is 11.8 Å². The van der Waals surface area contributed by atoms with Crippen molar-refractivity contribution in [3.05, 3.63) is 47.7 Å². The summed E-state index contributed by atoms with van der Waals surface area (Å²) in [7, 11) is 1.56. The van der Waals surface area contributed by atoms with Gasteiger partial charge in [0.05, 0.1) is 24.8 Å². The normalized spacial score (nSPS) is 11.4. The van der Waals surface area contributed by atoms with E-state index in [2.05, 4.69) is 21.4 Å². The maximum atomic E-state index is 8.89. The molecule has 2 aromatic rings. The Balaban J connectivity index is 2.15. The van der Waals surface area contributed by atoms with Crippen LogP contribution in [0.25, 0.3) is 0 Å². The summed E-state index contributed by atoms with van der Waals surface area (Å²) in [5, 5.41) is 12.1. The first kappa shape index (κ1) is 12.8. The molecule has 0 saturated carbocycles. The van der Waals surface area contributed by atoms with Gasteiger partial charge in [-0.05, 0) is 24.6 Å². The Morgan fingerprint density at radius 2 is 2.21 bits per heavy atom. The van der Waals surface area contributed by atoms with E-state index in [1.54, 1.807) is 25.4 Å². The van der Waals surface area contributed by atoms with Gasteiger partial charge >= 0.3 is 0 Å². The van der Waals surface area contributed by atoms with Gasteiger partial charge in [-0.2, -0.15) is 10.2 Å². The summed E-state index contributed by atoms with van der Waals surface area (Å²) in [6.45, 7) is 1.99. The zero-order valence-electron chi connectivity index (χ0n) is 10.8. The molecule has 0 radical (unpaired) electrons. The lowest BCUT2D eigenvalue weighted by molar-refractivity contribution is 0.397. The van der Waals surface area contributed by atoms with Gasteiger partial charge in [-0.3, -0.25) is 0 Å². The molecule has 1 atom stereocenters. The van der Waals surface area contributed by atoms with Crippen LogP contribution in [0.3, 0.4) is 0 Å². The highest BCUT2D eigenvalue weighted by molar-refractivity contribution is 5.38. The van der Waals surface area contributed by atoms with Gasteiger partial charge in [0.15, 0.2) is 0 Å². The molecule has 0 amide bonds. The fraction of sp³-hybridized carbons (Fsp3) is 0.214. The van der Waals surface area contributed by atoms with E-state index < -0.39 is 0 Å². The number of rotatable bonds is 4. The molecule has 0 aliphatic rings. The Bertz CT molecular complexity index is 606. The zero-order chi connectivity index (χ0) is 13.7. The van der Waals surface area contributed by atoms with Crippen LogP contribution in [0.5, 0.6) is 5.88 Å². The average molecular weight is 254 g/mol. The molecule has 5 nitrogen and oxygen atoms in total. The topological polar surface area (TPSA) is 70.8 Å². The van der Waals surface area contributed by atoms with E-state index in [1.165, 1.54) is 0 Å². The second-order valence-corrected chi connectivity index (χ2v) is 4.03. The number of hydrogen-bond acceptors (Lipinski definition) is 5. The second-order valence-electron chi connectivity index (χ2n) is 4.03. The van der Waals surface area contributed by atoms with Crippen molar-refractivity contribution in [1.29, 1.82) is 5.26 Å². The van der Waals surface area contributed by atoms with Crippen LogP contribution in [-0.4, -0.2) is 17.1 Å². The Labute approximate surface area is 111 Å². The second kappa shape index (κ2) is 5.83. The van der Waals surface area contributed by atoms with Crippen molar-refractivity contribution < 1.29 is 4.74 Å². The molecule has 0 bridgehead atoms. The number of anilines is 1. The van der Waals surface area contributed by atoms with Crippen molar-refractivity contribution in [2.75, 3.05) is 12.4 Å². The number of nitrogens with zero attached hydrogens (tertiary/aromatic N) is 3. The minimum Gasteiger partial charge on any atom is -0.481 e. The number of ether oxygens (including phenoxy) is 1. The summed E-state index contributed by atoms with van der Waals surface area (Å²) in [6.07, 6.45) is 1.63. The highest BCUT2D eigenvalue weighted by Crippen LogP contribution is 2.18. The third-order valence-corrected chi connectivity index (χ3v) is 2.70. The molecule has 1 aromatic heterocycles. The highest BCUT2D eigenvalue weighted by Gasteiger charge is 2.08. The Kier molecular flexibility index (Phi) is 3.94. The molecule has 19 heavy (non-hydrogen) atoms. The lowest BCUT2D eigenvalue weighted by atomic mass is 10.1. The summed E-state index contributed by atoms with van der Waals surface area (Å²) < 4.78 is 5.04. The molecule has 1 aromatic carbocycles. The molecule has 0 aliphatic carbocycles. The fourth-order valence-electron chi connectivity index (χ4n) is 1.68. The highest BCUT2D eigenvalue weighted by atomic mass is 16.5. The van der Waals surface area contributed by atoms with E-state index in [1.807, 2.05) is 25.1 Å². The van der Waals surface area contributed by atoms with E-state index >= 15 is 0 Å². The standard InChI is InChI=1S/C14H14N4O/c1-10(12-5-3-4-11(8-12)9-15)17-14-16-7-6-13(18-14)19-2/h3-8,10H,1-2H3,(H,16,17,18). The average Bonchev–Trinajstić information content (AvgIpc) is 2.47. The molecule has 1 heterocycles. The summed E-state index contributed by atoms with van der Waals surface area (Å²) in [5.41, 5.74) is 1.64. The monoisotopic (exact) mass is 254 g/mol. The van der Waals surface area contributed by atoms with Crippen molar-refractivity contribution in [3.63, 3.8) is 0 Å². The van der Waals surface area contributed by atoms with Crippen LogP contribution < -0.4 is 10.1 Å². The molecule has 1 N–H and O–H groups in total. The van der Waals surface area contributed by atoms with E-state index in [0.717, 1.165) is 5.56 Å². The Hall–Kier alpha value is -2.61. The summed E-state index contributed by atoms with van der Waals surface area (Å²) in [4.78, 5) is 8.32. The van der Waals surface area contributed by atoms with E-state index in [0.29, 0.717) is 17.4 Å². The molecule has 0 aliphatic heterocycles. The predicted molar refractivity (Wildman–Crippen MR) is 71.8 cm³/mol. The third kappa shape index (κ3) is 3.19. The van der Waals surface area contributed by atoms with Crippen LogP contribution in [0.1, 0.15) is 24.1 Å². The lowest BCUT2D eigenvalue weighted by Crippen LogP contribution is -2.09. The predicted octanol–water partition coefficient (Wildman–Crippen LogP) is 2.53. The lowest BCUT2D eigenvalue weighted by Gasteiger charge is -2.14. The van der Waals surface area contributed by atoms with E-state index in [-0.39, 0.29) is 6.04 Å². The number of aromatic nitrogens is 2. The van der Waals surface area contributed by atoms with Gasteiger partial charge in [-0.25, -0.2) is 4.98 Å². The van der Waals surface area contributed by atoms with Crippen LogP contribution in [0, 0.1) is 11.3 Å². The summed E-state index contributed by atoms with van der Waals surface area (Å²) in [6, 6.07) is 11.3. The molecule has 0 fully saturated rings. The van der Waals surface area contributed by atoms with Gasteiger partial charge in [0.1, 0.15) is 0 Å². The molecule has 0 spiro atoms. The van der Waals surface area contributed by atoms with Crippen LogP contribution in [0.15, 0.2) is 36.5 Å². The smallest absolute Gasteiger partial charge is 0.226 e. The molecular weight excluding hydrogens is 240 g/mol. The maximum absolute atomic E-state index is 8.89. The summed E-state index contributed by atoms with van der Waals surface area (Å²) >= 11 is 0. The fourth-order valence-corrected chi connectivity index (χ4v) is 1.68. The van der Waals surface area contributed by atoms with Crippen molar-refractivity contribution in [1.82, 2.24) is 9.97 Å². The van der Waals surface area contributed by atoms with Crippen molar-refractivity contribution >= 4 is 5.95 Å². The van der Waals surface area contributed by atoms with Crippen LogP contribution in [0.4, 0.5) is 5.95 Å². The van der Waals surface area contributed by atoms with Gasteiger partial charge in [-0.1, -0.05) is 12.1 Å². The largest absolute Gasteiger partial charge is 0.481 e. The molecule has 1 unspecified atom stereocenters. The van der Waals surface area contributed by atoms with E-state index in [9.17, 15) is 0 Å². The van der Waals surface area contributed by atoms with Crippen molar-refractivity contribution in [2.24, 2.45) is 0 Å². The van der Waals surface area contributed by atoms with Crippen LogP contribution >= 0.6 is 0 Å². The minimum absolute atomic E-state index is 0.000376. The van der Waals surface area contributed by atoms with Gasteiger partial charge in [0, 0.05) is 12.3 Å². The van der Waals surface area contributed by atoms with Gasteiger partial charge in [0.25, 0.3) is 0 Å². The number of methoxy groups -OCH3 is 1. The Morgan fingerprint density at radius 3 is 2.95 bits per heavy atom. The minimum atomic E-state index is 0.000376. The third-order valence-electron chi connectivity index (χ3n) is 2.70. The first-order valence-corrected chi connectivity index (χ1v) is 5.86.